The van der Waals surface area contributed by atoms with E-state index < -0.39 is 11.9 Å². The first-order chi connectivity index (χ1) is 9.90. The standard InChI is InChI=1S/C15H28N2O4/c1-12(13(18)19)10-17(2)14(20)16-11-15(8-9-21-3)6-4-5-7-15/h12H,4-11H2,1-3H3,(H,16,20)(H,18,19). The van der Waals surface area contributed by atoms with Gasteiger partial charge in [-0.1, -0.05) is 19.8 Å². The third-order valence-electron chi connectivity index (χ3n) is 4.43. The van der Waals surface area contributed by atoms with Crippen LogP contribution >= 0.6 is 0 Å². The van der Waals surface area contributed by atoms with Gasteiger partial charge >= 0.3 is 12.0 Å². The van der Waals surface area contributed by atoms with Gasteiger partial charge in [-0.15, -0.1) is 0 Å². The van der Waals surface area contributed by atoms with E-state index in [0.29, 0.717) is 13.2 Å². The number of amides is 2. The van der Waals surface area contributed by atoms with Gasteiger partial charge < -0.3 is 20.1 Å². The number of hydrogen-bond donors (Lipinski definition) is 2. The smallest absolute Gasteiger partial charge is 0.317 e. The summed E-state index contributed by atoms with van der Waals surface area (Å²) in [5.41, 5.74) is 0.144. The first-order valence-electron chi connectivity index (χ1n) is 7.61. The molecule has 1 atom stereocenters. The number of ether oxygens (including phenoxy) is 1. The molecule has 2 N–H and O–H groups in total. The molecule has 0 aromatic heterocycles. The van der Waals surface area contributed by atoms with E-state index in [0.717, 1.165) is 19.3 Å². The molecule has 1 unspecified atom stereocenters. The van der Waals surface area contributed by atoms with Gasteiger partial charge in [-0.25, -0.2) is 4.79 Å². The second-order valence-corrected chi connectivity index (χ2v) is 6.23. The number of nitrogens with zero attached hydrogens (tertiary/aromatic N) is 1. The summed E-state index contributed by atoms with van der Waals surface area (Å²) in [5.74, 6) is -1.45. The fourth-order valence-corrected chi connectivity index (χ4v) is 2.93. The van der Waals surface area contributed by atoms with Gasteiger partial charge in [0.25, 0.3) is 0 Å². The second kappa shape index (κ2) is 8.22. The van der Waals surface area contributed by atoms with Crippen molar-refractivity contribution in [2.45, 2.75) is 39.0 Å². The zero-order chi connectivity index (χ0) is 15.9. The lowest BCUT2D eigenvalue weighted by atomic mass is 9.83. The number of carbonyl (C=O) groups is 2. The number of urea groups is 1. The van der Waals surface area contributed by atoms with Crippen LogP contribution in [0, 0.1) is 11.3 Å². The lowest BCUT2D eigenvalue weighted by molar-refractivity contribution is -0.141. The Morgan fingerprint density at radius 3 is 2.52 bits per heavy atom. The Morgan fingerprint density at radius 1 is 1.38 bits per heavy atom. The summed E-state index contributed by atoms with van der Waals surface area (Å²) in [6, 6.07) is -0.202. The largest absolute Gasteiger partial charge is 0.481 e. The summed E-state index contributed by atoms with van der Waals surface area (Å²) >= 11 is 0. The lowest BCUT2D eigenvalue weighted by Crippen LogP contribution is -2.45. The molecule has 21 heavy (non-hydrogen) atoms. The van der Waals surface area contributed by atoms with E-state index in [1.165, 1.54) is 17.7 Å². The number of methoxy groups -OCH3 is 1. The van der Waals surface area contributed by atoms with Crippen molar-refractivity contribution in [2.24, 2.45) is 11.3 Å². The van der Waals surface area contributed by atoms with Gasteiger partial charge in [0.2, 0.25) is 0 Å². The summed E-state index contributed by atoms with van der Waals surface area (Å²) < 4.78 is 5.17. The molecule has 6 heteroatoms. The Hall–Kier alpha value is -1.30. The molecule has 1 fully saturated rings. The topological polar surface area (TPSA) is 78.9 Å². The highest BCUT2D eigenvalue weighted by atomic mass is 16.5. The molecule has 0 heterocycles. The Bertz CT molecular complexity index is 354. The monoisotopic (exact) mass is 300 g/mol. The van der Waals surface area contributed by atoms with Crippen molar-refractivity contribution < 1.29 is 19.4 Å². The molecule has 6 nitrogen and oxygen atoms in total. The van der Waals surface area contributed by atoms with Crippen molar-refractivity contribution in [1.29, 1.82) is 0 Å². The van der Waals surface area contributed by atoms with Crippen LogP contribution in [0.3, 0.4) is 0 Å². The number of hydrogen-bond acceptors (Lipinski definition) is 3. The highest BCUT2D eigenvalue weighted by Crippen LogP contribution is 2.40. The van der Waals surface area contributed by atoms with Crippen LogP contribution in [0.2, 0.25) is 0 Å². The zero-order valence-electron chi connectivity index (χ0n) is 13.4. The maximum absolute atomic E-state index is 12.1. The van der Waals surface area contributed by atoms with Crippen LogP contribution in [0.25, 0.3) is 0 Å². The predicted molar refractivity (Wildman–Crippen MR) is 80.2 cm³/mol. The molecule has 1 rings (SSSR count). The Balaban J connectivity index is 2.44. The van der Waals surface area contributed by atoms with Crippen molar-refractivity contribution in [3.63, 3.8) is 0 Å². The van der Waals surface area contributed by atoms with E-state index in [-0.39, 0.29) is 18.0 Å². The highest BCUT2D eigenvalue weighted by Gasteiger charge is 2.34. The van der Waals surface area contributed by atoms with Crippen molar-refractivity contribution in [1.82, 2.24) is 10.2 Å². The predicted octanol–water partition coefficient (Wildman–Crippen LogP) is 1.95. The van der Waals surface area contributed by atoms with Crippen molar-refractivity contribution in [3.05, 3.63) is 0 Å². The molecule has 0 aromatic carbocycles. The zero-order valence-corrected chi connectivity index (χ0v) is 13.4. The van der Waals surface area contributed by atoms with Crippen LogP contribution in [0.1, 0.15) is 39.0 Å². The Labute approximate surface area is 126 Å². The fourth-order valence-electron chi connectivity index (χ4n) is 2.93. The van der Waals surface area contributed by atoms with Crippen LogP contribution < -0.4 is 5.32 Å². The van der Waals surface area contributed by atoms with E-state index in [1.54, 1.807) is 21.1 Å². The van der Waals surface area contributed by atoms with Crippen LogP contribution in [0.5, 0.6) is 0 Å². The molecular weight excluding hydrogens is 272 g/mol. The van der Waals surface area contributed by atoms with Crippen LogP contribution in [-0.2, 0) is 9.53 Å². The SMILES string of the molecule is COCCC1(CNC(=O)N(C)CC(C)C(=O)O)CCCC1. The third kappa shape index (κ3) is 5.53. The molecule has 122 valence electrons. The van der Waals surface area contributed by atoms with Crippen LogP contribution in [0.4, 0.5) is 4.79 Å². The quantitative estimate of drug-likeness (QED) is 0.718. The molecule has 1 saturated carbocycles. The number of rotatable bonds is 8. The average Bonchev–Trinajstić information content (AvgIpc) is 2.91. The summed E-state index contributed by atoms with van der Waals surface area (Å²) in [6.45, 7) is 3.16. The Kier molecular flexibility index (Phi) is 6.95. The van der Waals surface area contributed by atoms with Crippen molar-refractivity contribution >= 4 is 12.0 Å². The van der Waals surface area contributed by atoms with E-state index in [2.05, 4.69) is 5.32 Å². The molecule has 0 radical (unpaired) electrons. The maximum Gasteiger partial charge on any atom is 0.317 e. The van der Waals surface area contributed by atoms with Gasteiger partial charge in [-0.2, -0.15) is 0 Å². The second-order valence-electron chi connectivity index (χ2n) is 6.23. The van der Waals surface area contributed by atoms with E-state index in [4.69, 9.17) is 9.84 Å². The van der Waals surface area contributed by atoms with Gasteiger partial charge in [-0.05, 0) is 24.7 Å². The highest BCUT2D eigenvalue weighted by molar-refractivity contribution is 5.75. The van der Waals surface area contributed by atoms with Gasteiger partial charge in [0.1, 0.15) is 0 Å². The minimum absolute atomic E-state index is 0.144. The molecule has 0 bridgehead atoms. The number of carboxylic acid groups (broad SMARTS) is 1. The molecule has 1 aliphatic rings. The minimum atomic E-state index is -0.887. The minimum Gasteiger partial charge on any atom is -0.481 e. The number of carboxylic acids is 1. The van der Waals surface area contributed by atoms with Gasteiger partial charge in [0, 0.05) is 33.9 Å². The number of aliphatic carboxylic acids is 1. The van der Waals surface area contributed by atoms with Crippen molar-refractivity contribution in [3.8, 4) is 0 Å². The summed E-state index contributed by atoms with van der Waals surface area (Å²) in [7, 11) is 3.33. The van der Waals surface area contributed by atoms with Crippen molar-refractivity contribution in [2.75, 3.05) is 33.9 Å². The molecular formula is C15H28N2O4. The molecule has 0 aromatic rings. The summed E-state index contributed by atoms with van der Waals surface area (Å²) in [4.78, 5) is 24.3. The van der Waals surface area contributed by atoms with E-state index >= 15 is 0 Å². The van der Waals surface area contributed by atoms with Crippen LogP contribution in [-0.4, -0.2) is 55.9 Å². The van der Waals surface area contributed by atoms with E-state index in [1.807, 2.05) is 0 Å². The normalized spacial score (nSPS) is 18.2. The first kappa shape index (κ1) is 17.8. The van der Waals surface area contributed by atoms with E-state index in [9.17, 15) is 9.59 Å². The number of carbonyl (C=O) groups excluding carboxylic acids is 1. The first-order valence-corrected chi connectivity index (χ1v) is 7.61. The maximum atomic E-state index is 12.1. The van der Waals surface area contributed by atoms with Gasteiger partial charge in [0.05, 0.1) is 5.92 Å². The Morgan fingerprint density at radius 2 is 2.00 bits per heavy atom. The molecule has 0 saturated heterocycles. The lowest BCUT2D eigenvalue weighted by Gasteiger charge is -2.30. The van der Waals surface area contributed by atoms with Gasteiger partial charge in [-0.3, -0.25) is 4.79 Å². The molecule has 0 spiro atoms. The van der Waals surface area contributed by atoms with Crippen LogP contribution in [0.15, 0.2) is 0 Å². The average molecular weight is 300 g/mol. The van der Waals surface area contributed by atoms with Gasteiger partial charge in [0.15, 0.2) is 0 Å². The molecule has 1 aliphatic carbocycles. The summed E-state index contributed by atoms with van der Waals surface area (Å²) in [6.07, 6.45) is 5.59. The third-order valence-corrected chi connectivity index (χ3v) is 4.43. The molecule has 2 amide bonds. The fraction of sp³-hybridized carbons (Fsp3) is 0.867. The summed E-state index contributed by atoms with van der Waals surface area (Å²) in [5, 5.41) is 11.8. The number of nitrogens with one attached hydrogen (secondary N) is 1. The molecule has 0 aliphatic heterocycles.